The van der Waals surface area contributed by atoms with E-state index in [2.05, 4.69) is 65.8 Å². The van der Waals surface area contributed by atoms with Crippen LogP contribution in [0.3, 0.4) is 0 Å². The third-order valence-electron chi connectivity index (χ3n) is 4.32. The number of aryl methyl sites for hydroxylation is 2. The van der Waals surface area contributed by atoms with E-state index in [1.165, 1.54) is 60.5 Å². The molecule has 0 heterocycles. The molecule has 2 aromatic carbocycles. The summed E-state index contributed by atoms with van der Waals surface area (Å²) in [5, 5.41) is 2.90. The van der Waals surface area contributed by atoms with Gasteiger partial charge in [0.25, 0.3) is 0 Å². The fourth-order valence-corrected chi connectivity index (χ4v) is 5.29. The Hall–Kier alpha value is -0.700. The molecule has 0 aliphatic rings. The molecule has 0 aromatic heterocycles. The summed E-state index contributed by atoms with van der Waals surface area (Å²) < 4.78 is 0. The molecule has 2 aromatic rings. The van der Waals surface area contributed by atoms with Gasteiger partial charge in [-0.25, -0.2) is 0 Å². The van der Waals surface area contributed by atoms with Crippen molar-refractivity contribution in [1.29, 1.82) is 0 Å². The minimum atomic E-state index is 1.38. The zero-order chi connectivity index (χ0) is 14.9. The Kier molecular flexibility index (Phi) is 5.00. The van der Waals surface area contributed by atoms with Gasteiger partial charge in [-0.15, -0.1) is 0 Å². The van der Waals surface area contributed by atoms with Gasteiger partial charge in [0, 0.05) is 0 Å². The van der Waals surface area contributed by atoms with Gasteiger partial charge in [0.2, 0.25) is 0 Å². The second kappa shape index (κ2) is 6.38. The minimum Gasteiger partial charge on any atom is -0.0584 e. The Morgan fingerprint density at radius 3 is 1.20 bits per heavy atom. The predicted molar refractivity (Wildman–Crippen MR) is 94.4 cm³/mol. The molecule has 0 saturated heterocycles. The molecule has 0 amide bonds. The van der Waals surface area contributed by atoms with Crippen molar-refractivity contribution in [2.75, 3.05) is 0 Å². The summed E-state index contributed by atoms with van der Waals surface area (Å²) in [4.78, 5) is 0. The van der Waals surface area contributed by atoms with Crippen molar-refractivity contribution in [3.05, 3.63) is 57.6 Å². The van der Waals surface area contributed by atoms with Gasteiger partial charge in [-0.05, 0) is 102 Å². The largest absolute Gasteiger partial charge is 0.0584 e. The van der Waals surface area contributed by atoms with Crippen molar-refractivity contribution in [1.82, 2.24) is 0 Å². The summed E-state index contributed by atoms with van der Waals surface area (Å²) in [6.07, 6.45) is 0. The fourth-order valence-electron chi connectivity index (χ4n) is 2.21. The standard InChI is InChI=1S/C18H22P2/c1-11-7-9-17(15(5)13(11)3)19-20-18-10-8-12(2)14(4)16(18)6/h7-10H,1-6H3. The van der Waals surface area contributed by atoms with E-state index in [-0.39, 0.29) is 0 Å². The summed E-state index contributed by atoms with van der Waals surface area (Å²) in [6, 6.07) is 9.05. The summed E-state index contributed by atoms with van der Waals surface area (Å²) in [6.45, 7) is 13.3. The van der Waals surface area contributed by atoms with E-state index < -0.39 is 0 Å². The highest BCUT2D eigenvalue weighted by atomic mass is 32.0. The van der Waals surface area contributed by atoms with Crippen molar-refractivity contribution in [2.45, 2.75) is 41.5 Å². The van der Waals surface area contributed by atoms with Gasteiger partial charge in [-0.3, -0.25) is 0 Å². The molecule has 0 nitrogen and oxygen atoms in total. The zero-order valence-corrected chi connectivity index (χ0v) is 15.0. The predicted octanol–water partition coefficient (Wildman–Crippen LogP) is 5.30. The molecule has 0 aliphatic heterocycles. The number of hydrogen-bond acceptors (Lipinski definition) is 0. The van der Waals surface area contributed by atoms with E-state index in [1.807, 2.05) is 0 Å². The van der Waals surface area contributed by atoms with Crippen LogP contribution in [-0.2, 0) is 0 Å². The SMILES string of the molecule is Cc1ccc([P][P]c2ccc(C)c(C)c2C)c(C)c1C. The fraction of sp³-hybridized carbons (Fsp3) is 0.333. The van der Waals surface area contributed by atoms with Crippen LogP contribution in [0.2, 0.25) is 0 Å². The smallest absolute Gasteiger partial charge is 0.00533 e. The van der Waals surface area contributed by atoms with Crippen LogP contribution < -0.4 is 10.6 Å². The van der Waals surface area contributed by atoms with E-state index in [1.54, 1.807) is 0 Å². The van der Waals surface area contributed by atoms with Crippen LogP contribution >= 0.6 is 16.5 Å². The highest BCUT2D eigenvalue weighted by Gasteiger charge is 2.08. The molecule has 0 atom stereocenters. The molecule has 0 saturated carbocycles. The van der Waals surface area contributed by atoms with E-state index >= 15 is 0 Å². The molecule has 2 radical (unpaired) electrons. The molecule has 0 N–H and O–H groups in total. The molecule has 0 bridgehead atoms. The number of benzene rings is 2. The molecule has 0 spiro atoms. The highest BCUT2D eigenvalue weighted by Crippen LogP contribution is 2.38. The summed E-state index contributed by atoms with van der Waals surface area (Å²) >= 11 is 0. The first-order valence-electron chi connectivity index (χ1n) is 6.97. The molecular weight excluding hydrogens is 278 g/mol. The monoisotopic (exact) mass is 300 g/mol. The molecule has 20 heavy (non-hydrogen) atoms. The Bertz CT molecular complexity index is 585. The van der Waals surface area contributed by atoms with Gasteiger partial charge in [0.1, 0.15) is 0 Å². The van der Waals surface area contributed by atoms with E-state index in [9.17, 15) is 0 Å². The van der Waals surface area contributed by atoms with Gasteiger partial charge in [-0.2, -0.15) is 0 Å². The van der Waals surface area contributed by atoms with Crippen LogP contribution in [-0.4, -0.2) is 0 Å². The lowest BCUT2D eigenvalue weighted by molar-refractivity contribution is 1.29. The third-order valence-corrected chi connectivity index (χ3v) is 7.42. The van der Waals surface area contributed by atoms with Crippen LogP contribution in [0, 0.1) is 41.5 Å². The topological polar surface area (TPSA) is 0 Å². The van der Waals surface area contributed by atoms with Crippen molar-refractivity contribution in [3.8, 4) is 0 Å². The first-order valence-corrected chi connectivity index (χ1v) is 9.46. The van der Waals surface area contributed by atoms with E-state index in [4.69, 9.17) is 0 Å². The van der Waals surface area contributed by atoms with Crippen molar-refractivity contribution in [2.24, 2.45) is 0 Å². The highest BCUT2D eigenvalue weighted by molar-refractivity contribution is 8.18. The Morgan fingerprint density at radius 2 is 0.850 bits per heavy atom. The molecule has 2 heteroatoms. The van der Waals surface area contributed by atoms with E-state index in [0.717, 1.165) is 0 Å². The second-order valence-electron chi connectivity index (χ2n) is 5.50. The lowest BCUT2D eigenvalue weighted by Crippen LogP contribution is -2.06. The first-order chi connectivity index (χ1) is 9.41. The zero-order valence-electron chi connectivity index (χ0n) is 13.2. The maximum Gasteiger partial charge on any atom is -0.00533 e. The Morgan fingerprint density at radius 1 is 0.500 bits per heavy atom. The number of hydrogen-bond donors (Lipinski definition) is 0. The van der Waals surface area contributed by atoms with Crippen LogP contribution in [0.5, 0.6) is 0 Å². The Labute approximate surface area is 126 Å². The minimum absolute atomic E-state index is 1.38. The second-order valence-corrected chi connectivity index (χ2v) is 8.07. The Balaban J connectivity index is 2.22. The lowest BCUT2D eigenvalue weighted by atomic mass is 10.1. The maximum absolute atomic E-state index is 2.28. The summed E-state index contributed by atoms with van der Waals surface area (Å²) in [5.41, 5.74) is 8.53. The average Bonchev–Trinajstić information content (AvgIpc) is 2.43. The maximum atomic E-state index is 2.28. The van der Waals surface area contributed by atoms with Crippen LogP contribution in [0.1, 0.15) is 33.4 Å². The molecule has 104 valence electrons. The molecule has 0 unspecified atom stereocenters. The normalized spacial score (nSPS) is 12.1. The number of rotatable bonds is 3. The van der Waals surface area contributed by atoms with Gasteiger partial charge in [-0.1, -0.05) is 24.3 Å². The van der Waals surface area contributed by atoms with Crippen LogP contribution in [0.25, 0.3) is 0 Å². The third kappa shape index (κ3) is 3.13. The quantitative estimate of drug-likeness (QED) is 0.675. The summed E-state index contributed by atoms with van der Waals surface area (Å²) in [7, 11) is 2.76. The van der Waals surface area contributed by atoms with Crippen molar-refractivity contribution in [3.63, 3.8) is 0 Å². The molecule has 0 fully saturated rings. The molecule has 0 aliphatic carbocycles. The van der Waals surface area contributed by atoms with Crippen molar-refractivity contribution < 1.29 is 0 Å². The molecular formula is C18H22P2. The van der Waals surface area contributed by atoms with Crippen LogP contribution in [0.4, 0.5) is 0 Å². The lowest BCUT2D eigenvalue weighted by Gasteiger charge is -2.13. The van der Waals surface area contributed by atoms with Gasteiger partial charge < -0.3 is 0 Å². The van der Waals surface area contributed by atoms with Gasteiger partial charge in [0.15, 0.2) is 0 Å². The first kappa shape index (κ1) is 15.7. The average molecular weight is 300 g/mol. The summed E-state index contributed by atoms with van der Waals surface area (Å²) in [5.74, 6) is 0. The van der Waals surface area contributed by atoms with Crippen LogP contribution in [0.15, 0.2) is 24.3 Å². The van der Waals surface area contributed by atoms with E-state index in [0.29, 0.717) is 0 Å². The van der Waals surface area contributed by atoms with Gasteiger partial charge >= 0.3 is 0 Å². The van der Waals surface area contributed by atoms with Crippen molar-refractivity contribution >= 4 is 27.1 Å². The van der Waals surface area contributed by atoms with Gasteiger partial charge in [0.05, 0.1) is 0 Å². The molecule has 2 rings (SSSR count).